The number of rotatable bonds is 14. The molecule has 2 heterocycles. The van der Waals surface area contributed by atoms with Crippen LogP contribution in [0.4, 0.5) is 0 Å². The van der Waals surface area contributed by atoms with Gasteiger partial charge in [0.25, 0.3) is 0 Å². The monoisotopic (exact) mass is 510 g/mol. The summed E-state index contributed by atoms with van der Waals surface area (Å²) in [5, 5.41) is 0. The summed E-state index contributed by atoms with van der Waals surface area (Å²) in [4.78, 5) is 2.94. The number of allylic oxidation sites excluding steroid dienone is 2. The third-order valence-electron chi connectivity index (χ3n) is 4.66. The van der Waals surface area contributed by atoms with Gasteiger partial charge in [0.05, 0.1) is 16.9 Å². The van der Waals surface area contributed by atoms with E-state index in [0.29, 0.717) is 0 Å². The van der Waals surface area contributed by atoms with Crippen molar-refractivity contribution < 1.29 is 0 Å². The molecular weight excluding hydrogens is 477 g/mol. The molecule has 2 rings (SSSR count). The summed E-state index contributed by atoms with van der Waals surface area (Å²) in [7, 11) is 0. The largest absolute Gasteiger partial charge is 0.179 e. The van der Waals surface area contributed by atoms with Crippen molar-refractivity contribution in [3.8, 4) is 0 Å². The molecule has 0 fully saturated rings. The van der Waals surface area contributed by atoms with Crippen LogP contribution < -0.4 is 0 Å². The normalized spacial score (nSPS) is 17.6. The van der Waals surface area contributed by atoms with Gasteiger partial charge in [-0.1, -0.05) is 98.4 Å². The Labute approximate surface area is 204 Å². The van der Waals surface area contributed by atoms with Gasteiger partial charge in [-0.15, -0.1) is 23.5 Å². The van der Waals surface area contributed by atoms with E-state index in [2.05, 4.69) is 44.5 Å². The maximum Gasteiger partial charge on any atom is 0.0717 e. The van der Waals surface area contributed by atoms with Crippen LogP contribution in [0.15, 0.2) is 26.8 Å². The van der Waals surface area contributed by atoms with Gasteiger partial charge in [0.2, 0.25) is 0 Å². The Balaban J connectivity index is 1.54. The molecule has 2 aliphatic rings. The van der Waals surface area contributed by atoms with E-state index in [1.807, 2.05) is 58.8 Å². The molecule has 0 nitrogen and oxygen atoms in total. The highest BCUT2D eigenvalue weighted by atomic mass is 32.3. The molecule has 0 aliphatic carbocycles. The maximum absolute atomic E-state index is 4.28. The molecule has 0 aromatic heterocycles. The Morgan fingerprint density at radius 2 is 1.11 bits per heavy atom. The van der Waals surface area contributed by atoms with E-state index < -0.39 is 0 Å². The van der Waals surface area contributed by atoms with Gasteiger partial charge >= 0.3 is 0 Å². The van der Waals surface area contributed by atoms with Crippen molar-refractivity contribution in [1.29, 1.82) is 0 Å². The van der Waals surface area contributed by atoms with Crippen molar-refractivity contribution in [1.82, 2.24) is 0 Å². The van der Waals surface area contributed by atoms with Crippen molar-refractivity contribution in [3.05, 3.63) is 26.8 Å². The fourth-order valence-corrected chi connectivity index (χ4v) is 11.4. The fourth-order valence-electron chi connectivity index (χ4n) is 2.89. The first-order chi connectivity index (χ1) is 13.7. The Kier molecular flexibility index (Phi) is 14.3. The van der Waals surface area contributed by atoms with Gasteiger partial charge in [-0.3, -0.25) is 0 Å². The third kappa shape index (κ3) is 9.44. The molecule has 0 aromatic carbocycles. The maximum atomic E-state index is 4.28. The smallest absolute Gasteiger partial charge is 0.0717 e. The average Bonchev–Trinajstić information content (AvgIpc) is 3.25. The Morgan fingerprint density at radius 3 is 1.64 bits per heavy atom. The molecule has 0 saturated carbocycles. The zero-order chi connectivity index (χ0) is 20.2. The van der Waals surface area contributed by atoms with Crippen LogP contribution in [0.1, 0.15) is 78.1 Å². The van der Waals surface area contributed by atoms with Gasteiger partial charge < -0.3 is 0 Å². The first-order valence-electron chi connectivity index (χ1n) is 10.3. The third-order valence-corrected chi connectivity index (χ3v) is 13.6. The van der Waals surface area contributed by atoms with Crippen LogP contribution in [0.2, 0.25) is 0 Å². The van der Waals surface area contributed by atoms with Crippen LogP contribution in [0.25, 0.3) is 0 Å². The highest BCUT2D eigenvalue weighted by Gasteiger charge is 2.27. The molecule has 0 aromatic rings. The molecule has 160 valence electrons. The van der Waals surface area contributed by atoms with Gasteiger partial charge in [-0.25, -0.2) is 0 Å². The number of hydrogen-bond acceptors (Lipinski definition) is 7. The topological polar surface area (TPSA) is 0 Å². The lowest BCUT2D eigenvalue weighted by Crippen LogP contribution is -1.84. The number of hydrogen-bond donors (Lipinski definition) is 1. The highest BCUT2D eigenvalue weighted by Crippen LogP contribution is 2.63. The zero-order valence-corrected chi connectivity index (χ0v) is 23.2. The summed E-state index contributed by atoms with van der Waals surface area (Å²) < 4.78 is 6.06. The van der Waals surface area contributed by atoms with Crippen molar-refractivity contribution in [2.24, 2.45) is 0 Å². The van der Waals surface area contributed by atoms with Gasteiger partial charge in [0, 0.05) is 0 Å². The lowest BCUT2D eigenvalue weighted by molar-refractivity contribution is 0.564. The van der Waals surface area contributed by atoms with Gasteiger partial charge in [0.15, 0.2) is 0 Å². The summed E-state index contributed by atoms with van der Waals surface area (Å²) in [5.41, 5.74) is 0. The first-order valence-corrected chi connectivity index (χ1v) is 16.4. The molecule has 0 spiro atoms. The predicted octanol–water partition coefficient (Wildman–Crippen LogP) is 10.4. The van der Waals surface area contributed by atoms with Crippen molar-refractivity contribution in [2.45, 2.75) is 78.1 Å². The number of thioether (sulfide) groups is 6. The van der Waals surface area contributed by atoms with E-state index in [-0.39, 0.29) is 0 Å². The predicted molar refractivity (Wildman–Crippen MR) is 149 cm³/mol. The van der Waals surface area contributed by atoms with E-state index in [0.717, 1.165) is 5.75 Å². The second-order valence-electron chi connectivity index (χ2n) is 6.98. The molecule has 0 N–H and O–H groups in total. The highest BCUT2D eigenvalue weighted by molar-refractivity contribution is 8.42. The van der Waals surface area contributed by atoms with Gasteiger partial charge in [0.1, 0.15) is 0 Å². The van der Waals surface area contributed by atoms with E-state index in [4.69, 9.17) is 0 Å². The van der Waals surface area contributed by atoms with Crippen LogP contribution in [0.5, 0.6) is 0 Å². The zero-order valence-electron chi connectivity index (χ0n) is 17.4. The standard InChI is InChI=1S/C21H34S7/c1-16-17(2)26-20(25-16)21-27-18(23-3)19(28-21)24-15-13-11-9-7-5-4-6-8-10-12-14-22/h22H,4-15H2,1-3H3. The van der Waals surface area contributed by atoms with E-state index in [9.17, 15) is 0 Å². The van der Waals surface area contributed by atoms with Crippen molar-refractivity contribution in [2.75, 3.05) is 17.8 Å². The van der Waals surface area contributed by atoms with E-state index in [1.165, 1.54) is 92.5 Å². The summed E-state index contributed by atoms with van der Waals surface area (Å²) in [6.45, 7) is 4.49. The molecular formula is C21H34S7. The minimum atomic E-state index is 1.05. The molecule has 2 aliphatic heterocycles. The van der Waals surface area contributed by atoms with E-state index >= 15 is 0 Å². The average molecular weight is 511 g/mol. The lowest BCUT2D eigenvalue weighted by Gasteiger charge is -2.04. The summed E-state index contributed by atoms with van der Waals surface area (Å²) in [5.74, 6) is 2.33. The Hall–Kier alpha value is 1.67. The summed E-state index contributed by atoms with van der Waals surface area (Å²) >= 11 is 16.2. The Morgan fingerprint density at radius 1 is 0.643 bits per heavy atom. The van der Waals surface area contributed by atoms with Crippen LogP contribution in [0.3, 0.4) is 0 Å². The molecule has 0 bridgehead atoms. The van der Waals surface area contributed by atoms with Crippen LogP contribution in [-0.2, 0) is 0 Å². The first kappa shape index (κ1) is 25.9. The SMILES string of the molecule is CSC1=C(SCCCCCCCCCCCCS)SC(=C2SC(C)=C(C)S2)S1. The van der Waals surface area contributed by atoms with Crippen LogP contribution >= 0.6 is 83.2 Å². The molecule has 28 heavy (non-hydrogen) atoms. The number of unbranched alkanes of at least 4 members (excludes halogenated alkanes) is 9. The molecule has 0 amide bonds. The van der Waals surface area contributed by atoms with Crippen molar-refractivity contribution >= 4 is 83.2 Å². The van der Waals surface area contributed by atoms with Crippen LogP contribution in [-0.4, -0.2) is 17.8 Å². The molecule has 0 atom stereocenters. The molecule has 0 unspecified atom stereocenters. The summed E-state index contributed by atoms with van der Waals surface area (Å²) in [6.07, 6.45) is 16.2. The van der Waals surface area contributed by atoms with Gasteiger partial charge in [-0.2, -0.15) is 12.6 Å². The van der Waals surface area contributed by atoms with Crippen molar-refractivity contribution in [3.63, 3.8) is 0 Å². The quantitative estimate of drug-likeness (QED) is 0.181. The van der Waals surface area contributed by atoms with Gasteiger partial charge in [-0.05, 0) is 54.3 Å². The number of thiol groups is 1. The second kappa shape index (κ2) is 15.5. The minimum Gasteiger partial charge on any atom is -0.179 e. The second-order valence-corrected chi connectivity index (χ2v) is 14.9. The lowest BCUT2D eigenvalue weighted by atomic mass is 10.1. The minimum absolute atomic E-state index is 1.05. The molecule has 7 heteroatoms. The molecule has 0 saturated heterocycles. The Bertz CT molecular complexity index is 561. The van der Waals surface area contributed by atoms with Crippen LogP contribution in [0, 0.1) is 0 Å². The molecule has 0 radical (unpaired) electrons. The fraction of sp³-hybridized carbons (Fsp3) is 0.714. The van der Waals surface area contributed by atoms with E-state index in [1.54, 1.807) is 4.24 Å². The summed E-state index contributed by atoms with van der Waals surface area (Å²) in [6, 6.07) is 0.